The Balaban J connectivity index is 3.89. The number of hydrogen-bond acceptors (Lipinski definition) is 6. The molecule has 0 aromatic carbocycles. The van der Waals surface area contributed by atoms with E-state index in [1.165, 1.54) is 70.6 Å². The van der Waals surface area contributed by atoms with Gasteiger partial charge in [-0.15, -0.1) is 0 Å². The molecule has 4 N–H and O–H groups in total. The van der Waals surface area contributed by atoms with Gasteiger partial charge >= 0.3 is 11.9 Å². The molecular formula is C44H76N2O7. The number of carboxylic acids is 1. The summed E-state index contributed by atoms with van der Waals surface area (Å²) in [5, 5.41) is 22.4. The zero-order valence-corrected chi connectivity index (χ0v) is 33.5. The van der Waals surface area contributed by atoms with Crippen LogP contribution in [0.25, 0.3) is 0 Å². The second kappa shape index (κ2) is 38.5. The van der Waals surface area contributed by atoms with Crippen molar-refractivity contribution in [1.29, 1.82) is 0 Å². The van der Waals surface area contributed by atoms with Crippen LogP contribution < -0.4 is 10.6 Å². The van der Waals surface area contributed by atoms with Crippen molar-refractivity contribution in [3.05, 3.63) is 48.6 Å². The summed E-state index contributed by atoms with van der Waals surface area (Å²) in [4.78, 5) is 47.2. The van der Waals surface area contributed by atoms with Crippen LogP contribution in [0.15, 0.2) is 48.6 Å². The van der Waals surface area contributed by atoms with Gasteiger partial charge in [0, 0.05) is 12.8 Å². The molecule has 304 valence electrons. The second-order valence-electron chi connectivity index (χ2n) is 14.1. The molecule has 0 rings (SSSR count). The van der Waals surface area contributed by atoms with Gasteiger partial charge in [0.05, 0.1) is 13.2 Å². The van der Waals surface area contributed by atoms with Gasteiger partial charge in [0.25, 0.3) is 0 Å². The highest BCUT2D eigenvalue weighted by molar-refractivity contribution is 5.87. The van der Waals surface area contributed by atoms with E-state index >= 15 is 0 Å². The van der Waals surface area contributed by atoms with Gasteiger partial charge in [0.15, 0.2) is 0 Å². The van der Waals surface area contributed by atoms with Crippen molar-refractivity contribution in [2.45, 2.75) is 193 Å². The predicted octanol–water partition coefficient (Wildman–Crippen LogP) is 9.98. The lowest BCUT2D eigenvalue weighted by molar-refractivity contribution is -0.147. The fourth-order valence-electron chi connectivity index (χ4n) is 5.76. The van der Waals surface area contributed by atoms with Gasteiger partial charge in [-0.3, -0.25) is 14.4 Å². The number of esters is 1. The largest absolute Gasteiger partial charge is 0.480 e. The predicted molar refractivity (Wildman–Crippen MR) is 217 cm³/mol. The summed E-state index contributed by atoms with van der Waals surface area (Å²) in [6, 6.07) is -1.39. The number of rotatable bonds is 37. The Morgan fingerprint density at radius 1 is 0.585 bits per heavy atom. The Bertz CT molecular complexity index is 1040. The summed E-state index contributed by atoms with van der Waals surface area (Å²) in [6.07, 6.45) is 44.9. The lowest BCUT2D eigenvalue weighted by Gasteiger charge is -2.15. The zero-order chi connectivity index (χ0) is 39.0. The van der Waals surface area contributed by atoms with Crippen LogP contribution in [0, 0.1) is 0 Å². The van der Waals surface area contributed by atoms with E-state index in [-0.39, 0.29) is 30.9 Å². The minimum Gasteiger partial charge on any atom is -0.480 e. The molecule has 0 aliphatic heterocycles. The van der Waals surface area contributed by atoms with Gasteiger partial charge in [0.1, 0.15) is 12.1 Å². The first-order chi connectivity index (χ1) is 25.8. The average Bonchev–Trinajstić information content (AvgIpc) is 3.14. The third-order valence-corrected chi connectivity index (χ3v) is 9.01. The van der Waals surface area contributed by atoms with Crippen LogP contribution in [0.5, 0.6) is 0 Å². The minimum absolute atomic E-state index is 0.130. The molecule has 0 saturated heterocycles. The molecule has 2 atom stereocenters. The number of carbonyl (C=O) groups is 4. The Morgan fingerprint density at radius 3 is 1.68 bits per heavy atom. The van der Waals surface area contributed by atoms with Crippen LogP contribution in [-0.2, 0) is 23.9 Å². The van der Waals surface area contributed by atoms with Gasteiger partial charge in [-0.1, -0.05) is 140 Å². The monoisotopic (exact) mass is 745 g/mol. The van der Waals surface area contributed by atoms with Gasteiger partial charge in [-0.2, -0.15) is 0 Å². The Hall–Kier alpha value is -3.20. The smallest absolute Gasteiger partial charge is 0.328 e. The maximum atomic E-state index is 12.5. The standard InChI is InChI=1S/C44H76N2O7/c1-3-5-7-8-9-10-11-12-13-14-15-16-17-18-19-20-21-22-23-24-25-26-32-36-43(50)53-39(33-29-6-4-2)34-30-27-28-31-35-41(48)45-37-42(49)46-40(38-47)44(51)52/h11-12,14-15,17-18,29,33,39-40,47H,3-10,13,16,19-28,30-32,34-38H2,1-2H3,(H,45,48)(H,46,49)(H,51,52)/b12-11-,15-14-,18-17-,33-29-. The molecule has 53 heavy (non-hydrogen) atoms. The van der Waals surface area contributed by atoms with Gasteiger partial charge in [0.2, 0.25) is 11.8 Å². The number of aliphatic carboxylic acids is 1. The molecule has 2 amide bonds. The summed E-state index contributed by atoms with van der Waals surface area (Å²) in [6.45, 7) is 3.32. The molecule has 0 aliphatic rings. The first kappa shape index (κ1) is 49.8. The van der Waals surface area contributed by atoms with Crippen molar-refractivity contribution in [3.63, 3.8) is 0 Å². The van der Waals surface area contributed by atoms with Crippen LogP contribution in [0.1, 0.15) is 181 Å². The first-order valence-corrected chi connectivity index (χ1v) is 21.0. The van der Waals surface area contributed by atoms with E-state index in [0.717, 1.165) is 77.0 Å². The highest BCUT2D eigenvalue weighted by Gasteiger charge is 2.18. The SMILES string of the molecule is CCC/C=C\C(CCCCCCC(=O)NCC(=O)NC(CO)C(=O)O)OC(=O)CCCCCCCCCC/C=C\C/C=C\C/C=C\CCCCCCC. The van der Waals surface area contributed by atoms with Crippen LogP contribution in [0.2, 0.25) is 0 Å². The zero-order valence-electron chi connectivity index (χ0n) is 33.5. The highest BCUT2D eigenvalue weighted by atomic mass is 16.5. The number of unbranched alkanes of at least 4 members (excludes halogenated alkanes) is 17. The van der Waals surface area contributed by atoms with Crippen LogP contribution in [-0.4, -0.2) is 59.3 Å². The fourth-order valence-corrected chi connectivity index (χ4v) is 5.76. The third kappa shape index (κ3) is 35.6. The van der Waals surface area contributed by atoms with E-state index in [4.69, 9.17) is 14.9 Å². The molecule has 0 aromatic heterocycles. The van der Waals surface area contributed by atoms with E-state index in [9.17, 15) is 19.2 Å². The van der Waals surface area contributed by atoms with E-state index < -0.39 is 24.5 Å². The molecule has 0 radical (unpaired) electrons. The van der Waals surface area contributed by atoms with Gasteiger partial charge in [-0.25, -0.2) is 4.79 Å². The number of nitrogens with one attached hydrogen (secondary N) is 2. The maximum Gasteiger partial charge on any atom is 0.328 e. The number of hydrogen-bond donors (Lipinski definition) is 4. The van der Waals surface area contributed by atoms with Gasteiger partial charge < -0.3 is 25.6 Å². The Labute approximate surface area is 322 Å². The summed E-state index contributed by atoms with van der Waals surface area (Å²) in [5.41, 5.74) is 0. The highest BCUT2D eigenvalue weighted by Crippen LogP contribution is 2.15. The van der Waals surface area contributed by atoms with Crippen LogP contribution >= 0.6 is 0 Å². The molecule has 9 nitrogen and oxygen atoms in total. The first-order valence-electron chi connectivity index (χ1n) is 21.0. The average molecular weight is 745 g/mol. The van der Waals surface area contributed by atoms with Crippen molar-refractivity contribution in [2.24, 2.45) is 0 Å². The normalized spacial score (nSPS) is 13.0. The molecule has 0 saturated carbocycles. The number of allylic oxidation sites excluding steroid dienone is 7. The maximum absolute atomic E-state index is 12.5. The molecule has 0 fully saturated rings. The molecule has 0 aromatic rings. The summed E-state index contributed by atoms with van der Waals surface area (Å²) < 4.78 is 5.80. The van der Waals surface area contributed by atoms with E-state index in [2.05, 4.69) is 67.0 Å². The quantitative estimate of drug-likeness (QED) is 0.0282. The van der Waals surface area contributed by atoms with E-state index in [1.807, 2.05) is 6.08 Å². The summed E-state index contributed by atoms with van der Waals surface area (Å²) >= 11 is 0. The molecule has 2 unspecified atom stereocenters. The molecule has 0 heterocycles. The molecule has 0 spiro atoms. The minimum atomic E-state index is -1.39. The third-order valence-electron chi connectivity index (χ3n) is 9.01. The van der Waals surface area contributed by atoms with E-state index in [1.54, 1.807) is 0 Å². The van der Waals surface area contributed by atoms with Crippen molar-refractivity contribution >= 4 is 23.8 Å². The second-order valence-corrected chi connectivity index (χ2v) is 14.1. The topological polar surface area (TPSA) is 142 Å². The Morgan fingerprint density at radius 2 is 1.11 bits per heavy atom. The number of amides is 2. The molecule has 0 aliphatic carbocycles. The van der Waals surface area contributed by atoms with Gasteiger partial charge in [-0.05, 0) is 76.7 Å². The Kier molecular flexibility index (Phi) is 36.2. The lowest BCUT2D eigenvalue weighted by Crippen LogP contribution is -2.47. The van der Waals surface area contributed by atoms with E-state index in [0.29, 0.717) is 12.8 Å². The molecule has 9 heteroatoms. The van der Waals surface area contributed by atoms with Crippen molar-refractivity contribution in [1.82, 2.24) is 10.6 Å². The number of aliphatic hydroxyl groups excluding tert-OH is 1. The number of carboxylic acid groups (broad SMARTS) is 1. The van der Waals surface area contributed by atoms with Crippen LogP contribution in [0.3, 0.4) is 0 Å². The summed E-state index contributed by atoms with van der Waals surface area (Å²) in [5.74, 6) is -2.43. The number of aliphatic hydroxyl groups is 1. The number of ether oxygens (including phenoxy) is 1. The number of carbonyl (C=O) groups excluding carboxylic acids is 3. The van der Waals surface area contributed by atoms with Crippen molar-refractivity contribution < 1.29 is 34.1 Å². The van der Waals surface area contributed by atoms with Crippen molar-refractivity contribution in [2.75, 3.05) is 13.2 Å². The lowest BCUT2D eigenvalue weighted by atomic mass is 10.1. The van der Waals surface area contributed by atoms with Crippen molar-refractivity contribution in [3.8, 4) is 0 Å². The van der Waals surface area contributed by atoms with Crippen LogP contribution in [0.4, 0.5) is 0 Å². The molecular weight excluding hydrogens is 668 g/mol. The molecule has 0 bridgehead atoms. The fraction of sp³-hybridized carbons (Fsp3) is 0.727. The summed E-state index contributed by atoms with van der Waals surface area (Å²) in [7, 11) is 0.